The molecule has 0 saturated carbocycles. The molecule has 0 fully saturated rings. The molecule has 0 aliphatic carbocycles. The summed E-state index contributed by atoms with van der Waals surface area (Å²) < 4.78 is 0. The molecule has 0 aliphatic heterocycles. The zero-order chi connectivity index (χ0) is 16.8. The van der Waals surface area contributed by atoms with Crippen molar-refractivity contribution in [2.75, 3.05) is 24.6 Å². The van der Waals surface area contributed by atoms with E-state index in [-0.39, 0.29) is 0 Å². The molecule has 0 spiro atoms. The summed E-state index contributed by atoms with van der Waals surface area (Å²) in [5.74, 6) is 0. The molecule has 0 aromatic heterocycles. The van der Waals surface area contributed by atoms with Crippen LogP contribution in [0.1, 0.15) is 105 Å². The van der Waals surface area contributed by atoms with E-state index in [1.165, 1.54) is 102 Å². The zero-order valence-electron chi connectivity index (χ0n) is 16.1. The Morgan fingerprint density at radius 3 is 1.05 bits per heavy atom. The van der Waals surface area contributed by atoms with Gasteiger partial charge in [-0.1, -0.05) is 0 Å². The SMILES string of the molecule is CCCCCCP(Br)(CC)(CCCCCC)CCCCCC. The van der Waals surface area contributed by atoms with Crippen LogP contribution in [0.4, 0.5) is 0 Å². The molecule has 0 nitrogen and oxygen atoms in total. The van der Waals surface area contributed by atoms with Gasteiger partial charge in [-0.15, -0.1) is 0 Å². The van der Waals surface area contributed by atoms with E-state index in [4.69, 9.17) is 0 Å². The van der Waals surface area contributed by atoms with Crippen molar-refractivity contribution in [1.82, 2.24) is 0 Å². The third-order valence-electron chi connectivity index (χ3n) is 5.50. The average molecular weight is 395 g/mol. The number of unbranched alkanes of at least 4 members (excludes halogenated alkanes) is 9. The van der Waals surface area contributed by atoms with Crippen molar-refractivity contribution in [3.8, 4) is 0 Å². The predicted molar refractivity (Wildman–Crippen MR) is 113 cm³/mol. The first-order valence-electron chi connectivity index (χ1n) is 10.3. The first-order valence-corrected chi connectivity index (χ1v) is 15.3. The van der Waals surface area contributed by atoms with Crippen LogP contribution >= 0.6 is 20.8 Å². The van der Waals surface area contributed by atoms with E-state index in [0.717, 1.165) is 0 Å². The van der Waals surface area contributed by atoms with Gasteiger partial charge in [-0.05, 0) is 0 Å². The molecule has 0 bridgehead atoms. The summed E-state index contributed by atoms with van der Waals surface area (Å²) in [6, 6.07) is 0. The minimum atomic E-state index is -1.59. The quantitative estimate of drug-likeness (QED) is 0.181. The molecule has 0 amide bonds. The maximum atomic E-state index is 4.48. The average Bonchev–Trinajstić information content (AvgIpc) is 2.53. The Hall–Kier alpha value is 0.910. The van der Waals surface area contributed by atoms with Crippen molar-refractivity contribution in [2.45, 2.75) is 105 Å². The van der Waals surface area contributed by atoms with Gasteiger partial charge < -0.3 is 0 Å². The van der Waals surface area contributed by atoms with E-state index in [9.17, 15) is 0 Å². The second-order valence-corrected chi connectivity index (χ2v) is 19.1. The summed E-state index contributed by atoms with van der Waals surface area (Å²) in [6.07, 6.45) is 23.1. The summed E-state index contributed by atoms with van der Waals surface area (Å²) in [5.41, 5.74) is 0. The molecular formula is C20H44BrP. The van der Waals surface area contributed by atoms with Crippen LogP contribution in [0.5, 0.6) is 0 Å². The van der Waals surface area contributed by atoms with E-state index in [1.54, 1.807) is 0 Å². The Morgan fingerprint density at radius 2 is 0.818 bits per heavy atom. The van der Waals surface area contributed by atoms with E-state index < -0.39 is 5.31 Å². The van der Waals surface area contributed by atoms with Gasteiger partial charge in [0.2, 0.25) is 0 Å². The predicted octanol–water partition coefficient (Wildman–Crippen LogP) is 8.61. The van der Waals surface area contributed by atoms with Gasteiger partial charge in [-0.2, -0.15) is 0 Å². The van der Waals surface area contributed by atoms with Crippen LogP contribution in [0.3, 0.4) is 0 Å². The molecule has 136 valence electrons. The van der Waals surface area contributed by atoms with Crippen molar-refractivity contribution in [2.24, 2.45) is 0 Å². The van der Waals surface area contributed by atoms with Crippen molar-refractivity contribution >= 4 is 20.8 Å². The first kappa shape index (κ1) is 22.9. The zero-order valence-corrected chi connectivity index (χ0v) is 18.6. The number of rotatable bonds is 16. The third-order valence-corrected chi connectivity index (χ3v) is 16.1. The molecule has 2 heteroatoms. The van der Waals surface area contributed by atoms with Crippen LogP contribution < -0.4 is 0 Å². The normalized spacial score (nSPS) is 14.0. The van der Waals surface area contributed by atoms with Gasteiger partial charge in [-0.3, -0.25) is 0 Å². The van der Waals surface area contributed by atoms with Crippen molar-refractivity contribution in [1.29, 1.82) is 0 Å². The third kappa shape index (κ3) is 9.92. The number of hydrogen-bond acceptors (Lipinski definition) is 0. The Bertz CT molecular complexity index is 218. The van der Waals surface area contributed by atoms with Crippen LogP contribution in [0.25, 0.3) is 0 Å². The molecule has 0 saturated heterocycles. The van der Waals surface area contributed by atoms with Gasteiger partial charge >= 0.3 is 150 Å². The summed E-state index contributed by atoms with van der Waals surface area (Å²) in [7, 11) is 0. The van der Waals surface area contributed by atoms with Crippen LogP contribution in [-0.4, -0.2) is 24.6 Å². The number of halogens is 1. The van der Waals surface area contributed by atoms with Gasteiger partial charge in [-0.25, -0.2) is 0 Å². The fraction of sp³-hybridized carbons (Fsp3) is 1.00. The van der Waals surface area contributed by atoms with E-state index >= 15 is 0 Å². The monoisotopic (exact) mass is 394 g/mol. The molecule has 22 heavy (non-hydrogen) atoms. The summed E-state index contributed by atoms with van der Waals surface area (Å²) >= 11 is 4.48. The van der Waals surface area contributed by atoms with Gasteiger partial charge in [0.1, 0.15) is 0 Å². The molecule has 0 unspecified atom stereocenters. The molecule has 0 heterocycles. The van der Waals surface area contributed by atoms with E-state index in [0.29, 0.717) is 0 Å². The van der Waals surface area contributed by atoms with E-state index in [2.05, 4.69) is 43.2 Å². The fourth-order valence-corrected chi connectivity index (χ4v) is 10.5. The van der Waals surface area contributed by atoms with Crippen LogP contribution in [-0.2, 0) is 0 Å². The molecular weight excluding hydrogens is 351 g/mol. The van der Waals surface area contributed by atoms with Crippen molar-refractivity contribution < 1.29 is 0 Å². The molecule has 0 aliphatic rings. The van der Waals surface area contributed by atoms with Crippen LogP contribution in [0, 0.1) is 0 Å². The van der Waals surface area contributed by atoms with Crippen LogP contribution in [0.15, 0.2) is 0 Å². The minimum absolute atomic E-state index is 1.36. The Morgan fingerprint density at radius 1 is 0.500 bits per heavy atom. The molecule has 0 rings (SSSR count). The number of hydrogen-bond donors (Lipinski definition) is 0. The molecule has 0 radical (unpaired) electrons. The van der Waals surface area contributed by atoms with Crippen LogP contribution in [0.2, 0.25) is 0 Å². The van der Waals surface area contributed by atoms with Gasteiger partial charge in [0.15, 0.2) is 0 Å². The molecule has 0 aromatic carbocycles. The maximum absolute atomic E-state index is 4.48. The standard InChI is InChI=1S/C20H44BrP/c1-5-9-12-15-18-22(21,8-4,19-16-13-10-6-2)20-17-14-11-7-3/h5-20H2,1-4H3. The topological polar surface area (TPSA) is 0 Å². The Labute approximate surface area is 150 Å². The second kappa shape index (κ2) is 13.2. The molecule has 0 atom stereocenters. The first-order chi connectivity index (χ1) is 10.5. The molecule has 0 aromatic rings. The summed E-state index contributed by atoms with van der Waals surface area (Å²) in [5, 5.41) is -1.59. The molecule has 0 N–H and O–H groups in total. The second-order valence-electron chi connectivity index (χ2n) is 7.49. The fourth-order valence-electron chi connectivity index (χ4n) is 3.61. The Balaban J connectivity index is 4.56. The van der Waals surface area contributed by atoms with Crippen molar-refractivity contribution in [3.05, 3.63) is 0 Å². The van der Waals surface area contributed by atoms with Gasteiger partial charge in [0.05, 0.1) is 0 Å². The summed E-state index contributed by atoms with van der Waals surface area (Å²) in [6.45, 7) is 9.45. The van der Waals surface area contributed by atoms with E-state index in [1.807, 2.05) is 0 Å². The summed E-state index contributed by atoms with van der Waals surface area (Å²) in [4.78, 5) is 0. The van der Waals surface area contributed by atoms with Crippen molar-refractivity contribution in [3.63, 3.8) is 0 Å². The van der Waals surface area contributed by atoms with Gasteiger partial charge in [0, 0.05) is 0 Å². The Kier molecular flexibility index (Phi) is 13.8. The van der Waals surface area contributed by atoms with Gasteiger partial charge in [0.25, 0.3) is 0 Å².